The van der Waals surface area contributed by atoms with Gasteiger partial charge < -0.3 is 16.2 Å². The Labute approximate surface area is 109 Å². The van der Waals surface area contributed by atoms with Crippen LogP contribution in [0, 0.1) is 6.92 Å². The van der Waals surface area contributed by atoms with Crippen LogP contribution >= 0.6 is 28.3 Å². The Morgan fingerprint density at radius 3 is 2.62 bits per heavy atom. The number of nitrogens with two attached hydrogens (primary N) is 1. The second-order valence-electron chi connectivity index (χ2n) is 3.42. The molecule has 0 saturated heterocycles. The quantitative estimate of drug-likeness (QED) is 0.733. The van der Waals surface area contributed by atoms with Crippen molar-refractivity contribution < 1.29 is 9.90 Å². The topological polar surface area (TPSA) is 75.3 Å². The van der Waals surface area contributed by atoms with E-state index in [4.69, 9.17) is 5.73 Å². The van der Waals surface area contributed by atoms with E-state index in [2.05, 4.69) is 21.2 Å². The molecule has 4 nitrogen and oxygen atoms in total. The molecule has 6 heteroatoms. The molecule has 90 valence electrons. The molecule has 4 N–H and O–H groups in total. The summed E-state index contributed by atoms with van der Waals surface area (Å²) in [7, 11) is 0. The summed E-state index contributed by atoms with van der Waals surface area (Å²) in [6, 6.07) is 2.83. The molecule has 0 unspecified atom stereocenters. The number of halogens is 2. The lowest BCUT2D eigenvalue weighted by atomic mass is 10.2. The Morgan fingerprint density at radius 1 is 1.56 bits per heavy atom. The van der Waals surface area contributed by atoms with Crippen LogP contribution in [0.15, 0.2) is 16.6 Å². The zero-order valence-corrected chi connectivity index (χ0v) is 11.4. The average molecular weight is 310 g/mol. The fraction of sp³-hybridized carbons (Fsp3) is 0.300. The van der Waals surface area contributed by atoms with E-state index in [0.29, 0.717) is 10.2 Å². The van der Waals surface area contributed by atoms with Gasteiger partial charge in [-0.2, -0.15) is 0 Å². The molecule has 0 saturated carbocycles. The van der Waals surface area contributed by atoms with E-state index in [-0.39, 0.29) is 24.1 Å². The van der Waals surface area contributed by atoms with Crippen LogP contribution in [0.3, 0.4) is 0 Å². The lowest BCUT2D eigenvalue weighted by Crippen LogP contribution is -2.32. The third-order valence-electron chi connectivity index (χ3n) is 1.88. The first-order chi connectivity index (χ1) is 6.91. The van der Waals surface area contributed by atoms with Gasteiger partial charge in [0.25, 0.3) is 0 Å². The van der Waals surface area contributed by atoms with Gasteiger partial charge in [-0.05, 0) is 47.5 Å². The number of benzene rings is 1. The van der Waals surface area contributed by atoms with E-state index in [9.17, 15) is 9.90 Å². The maximum atomic E-state index is 11.3. The maximum Gasteiger partial charge on any atom is 0.241 e. The van der Waals surface area contributed by atoms with Gasteiger partial charge >= 0.3 is 0 Å². The minimum absolute atomic E-state index is 0. The molecule has 0 aliphatic carbocycles. The smallest absolute Gasteiger partial charge is 0.241 e. The van der Waals surface area contributed by atoms with E-state index in [1.807, 2.05) is 6.92 Å². The van der Waals surface area contributed by atoms with E-state index in [1.165, 1.54) is 0 Å². The number of amides is 1. The number of carbonyl (C=O) groups excluding carboxylic acids is 1. The Balaban J connectivity index is 0.00000225. The summed E-state index contributed by atoms with van der Waals surface area (Å²) in [5.74, 6) is -0.322. The van der Waals surface area contributed by atoms with Crippen LogP contribution < -0.4 is 11.1 Å². The first-order valence-corrected chi connectivity index (χ1v) is 5.26. The molecule has 1 rings (SSSR count). The van der Waals surface area contributed by atoms with Crippen LogP contribution in [0.1, 0.15) is 12.5 Å². The Hall–Kier alpha value is -0.780. The number of rotatable bonds is 2. The van der Waals surface area contributed by atoms with Crippen LogP contribution in [-0.4, -0.2) is 17.1 Å². The van der Waals surface area contributed by atoms with Gasteiger partial charge in [-0.25, -0.2) is 0 Å². The molecule has 0 radical (unpaired) electrons. The summed E-state index contributed by atoms with van der Waals surface area (Å²) in [4.78, 5) is 11.3. The van der Waals surface area contributed by atoms with Gasteiger partial charge in [0.15, 0.2) is 5.75 Å². The van der Waals surface area contributed by atoms with Crippen molar-refractivity contribution in [2.75, 3.05) is 5.32 Å². The number of phenols is 1. The molecule has 0 spiro atoms. The molecule has 0 heterocycles. The number of phenolic OH excluding ortho intramolecular Hbond substituents is 1. The number of hydrogen-bond donors (Lipinski definition) is 3. The predicted molar refractivity (Wildman–Crippen MR) is 70.1 cm³/mol. The molecule has 16 heavy (non-hydrogen) atoms. The second-order valence-corrected chi connectivity index (χ2v) is 4.28. The number of carbonyl (C=O) groups is 1. The van der Waals surface area contributed by atoms with Crippen LogP contribution in [-0.2, 0) is 4.79 Å². The van der Waals surface area contributed by atoms with Crippen molar-refractivity contribution in [2.45, 2.75) is 19.9 Å². The average Bonchev–Trinajstić information content (AvgIpc) is 2.13. The van der Waals surface area contributed by atoms with Gasteiger partial charge in [-0.15, -0.1) is 12.4 Å². The van der Waals surface area contributed by atoms with Crippen LogP contribution in [0.5, 0.6) is 5.75 Å². The number of aromatic hydroxyl groups is 1. The summed E-state index contributed by atoms with van der Waals surface area (Å²) in [6.45, 7) is 3.45. The van der Waals surface area contributed by atoms with Crippen molar-refractivity contribution in [1.29, 1.82) is 0 Å². The van der Waals surface area contributed by atoms with Gasteiger partial charge in [-0.3, -0.25) is 4.79 Å². The lowest BCUT2D eigenvalue weighted by Gasteiger charge is -2.11. The Morgan fingerprint density at radius 2 is 2.12 bits per heavy atom. The SMILES string of the molecule is Cc1cc(Br)c(O)c(NC(=O)[C@@H](C)N)c1.Cl. The maximum absolute atomic E-state index is 11.3. The highest BCUT2D eigenvalue weighted by Crippen LogP contribution is 2.33. The van der Waals surface area contributed by atoms with Gasteiger partial charge in [0.05, 0.1) is 16.2 Å². The zero-order valence-electron chi connectivity index (χ0n) is 8.95. The van der Waals surface area contributed by atoms with Gasteiger partial charge in [0, 0.05) is 0 Å². The first kappa shape index (κ1) is 15.2. The molecule has 1 aromatic carbocycles. The summed E-state index contributed by atoms with van der Waals surface area (Å²) < 4.78 is 0.544. The summed E-state index contributed by atoms with van der Waals surface area (Å²) >= 11 is 3.19. The molecule has 1 amide bonds. The molecule has 1 atom stereocenters. The monoisotopic (exact) mass is 308 g/mol. The predicted octanol–water partition coefficient (Wildman–Crippen LogP) is 2.17. The minimum Gasteiger partial charge on any atom is -0.505 e. The van der Waals surface area contributed by atoms with Crippen LogP contribution in [0.4, 0.5) is 5.69 Å². The largest absolute Gasteiger partial charge is 0.505 e. The molecule has 1 aromatic rings. The fourth-order valence-electron chi connectivity index (χ4n) is 1.08. The Kier molecular flexibility index (Phi) is 5.78. The summed E-state index contributed by atoms with van der Waals surface area (Å²) in [5.41, 5.74) is 6.70. The first-order valence-electron chi connectivity index (χ1n) is 4.47. The molecule has 0 bridgehead atoms. The molecular weight excluding hydrogens is 295 g/mol. The van der Waals surface area contributed by atoms with E-state index < -0.39 is 6.04 Å². The Bertz CT molecular complexity index is 397. The normalized spacial score (nSPS) is 11.5. The van der Waals surface area contributed by atoms with Gasteiger partial charge in [0.2, 0.25) is 5.91 Å². The van der Waals surface area contributed by atoms with E-state index >= 15 is 0 Å². The third-order valence-corrected chi connectivity index (χ3v) is 2.48. The number of hydrogen-bond acceptors (Lipinski definition) is 3. The highest BCUT2D eigenvalue weighted by atomic mass is 79.9. The van der Waals surface area contributed by atoms with E-state index in [0.717, 1.165) is 5.56 Å². The lowest BCUT2D eigenvalue weighted by molar-refractivity contribution is -0.117. The number of aryl methyl sites for hydroxylation is 1. The summed E-state index contributed by atoms with van der Waals surface area (Å²) in [6.07, 6.45) is 0. The molecule has 0 aliphatic heterocycles. The number of anilines is 1. The van der Waals surface area contributed by atoms with Crippen LogP contribution in [0.2, 0.25) is 0 Å². The second kappa shape index (κ2) is 6.08. The van der Waals surface area contributed by atoms with E-state index in [1.54, 1.807) is 19.1 Å². The van der Waals surface area contributed by atoms with Crippen molar-refractivity contribution in [2.24, 2.45) is 5.73 Å². The minimum atomic E-state index is -0.608. The van der Waals surface area contributed by atoms with Gasteiger partial charge in [0.1, 0.15) is 0 Å². The standard InChI is InChI=1S/C10H13BrN2O2.ClH/c1-5-3-7(11)9(14)8(4-5)13-10(15)6(2)12;/h3-4,6,14H,12H2,1-2H3,(H,13,15);1H/t6-;/m1./s1. The summed E-state index contributed by atoms with van der Waals surface area (Å²) in [5, 5.41) is 12.2. The van der Waals surface area contributed by atoms with Crippen molar-refractivity contribution in [1.82, 2.24) is 0 Å². The fourth-order valence-corrected chi connectivity index (χ4v) is 1.65. The van der Waals surface area contributed by atoms with Crippen molar-refractivity contribution in [3.8, 4) is 5.75 Å². The third kappa shape index (κ3) is 3.66. The molecule has 0 fully saturated rings. The van der Waals surface area contributed by atoms with Crippen molar-refractivity contribution >= 4 is 39.9 Å². The highest BCUT2D eigenvalue weighted by molar-refractivity contribution is 9.10. The van der Waals surface area contributed by atoms with Gasteiger partial charge in [-0.1, -0.05) is 0 Å². The molecular formula is C10H14BrClN2O2. The number of nitrogens with one attached hydrogen (secondary N) is 1. The molecule has 0 aromatic heterocycles. The highest BCUT2D eigenvalue weighted by Gasteiger charge is 2.12. The van der Waals surface area contributed by atoms with Crippen LogP contribution in [0.25, 0.3) is 0 Å². The molecule has 0 aliphatic rings. The van der Waals surface area contributed by atoms with Crippen molar-refractivity contribution in [3.05, 3.63) is 22.2 Å². The zero-order chi connectivity index (χ0) is 11.6. The van der Waals surface area contributed by atoms with Crippen molar-refractivity contribution in [3.63, 3.8) is 0 Å².